The number of β-amino-alcohol motifs (C(OH)–C–C–N with tert-alkyl or cyclic N) is 1. The van der Waals surface area contributed by atoms with Crippen molar-refractivity contribution in [3.8, 4) is 0 Å². The molecular weight excluding hydrogens is 441 g/mol. The summed E-state index contributed by atoms with van der Waals surface area (Å²) >= 11 is 0. The minimum atomic E-state index is -4.32. The summed E-state index contributed by atoms with van der Waals surface area (Å²) in [6, 6.07) is 5.54. The zero-order valence-electron chi connectivity index (χ0n) is 18.4. The Morgan fingerprint density at radius 2 is 1.59 bits per heavy atom. The van der Waals surface area contributed by atoms with Crippen molar-refractivity contribution in [2.24, 2.45) is 17.8 Å². The van der Waals surface area contributed by atoms with Crippen LogP contribution in [0.5, 0.6) is 0 Å². The van der Waals surface area contributed by atoms with E-state index in [4.69, 9.17) is 4.74 Å². The van der Waals surface area contributed by atoms with Crippen LogP contribution in [0.15, 0.2) is 24.3 Å². The lowest BCUT2D eigenvalue weighted by Gasteiger charge is -2.56. The number of anilines is 1. The molecule has 32 heavy (non-hydrogen) atoms. The van der Waals surface area contributed by atoms with Gasteiger partial charge in [-0.2, -0.15) is 13.2 Å². The van der Waals surface area contributed by atoms with Crippen LogP contribution in [0.4, 0.5) is 18.9 Å². The Morgan fingerprint density at radius 1 is 1.00 bits per heavy atom. The lowest BCUT2D eigenvalue weighted by Crippen LogP contribution is -2.53. The summed E-state index contributed by atoms with van der Waals surface area (Å²) < 4.78 is 45.3. The predicted molar refractivity (Wildman–Crippen MR) is 120 cm³/mol. The van der Waals surface area contributed by atoms with Gasteiger partial charge in [-0.15, -0.1) is 12.4 Å². The highest BCUT2D eigenvalue weighted by Gasteiger charge is 2.51. The fourth-order valence-electron chi connectivity index (χ4n) is 6.90. The van der Waals surface area contributed by atoms with Crippen LogP contribution in [-0.4, -0.2) is 61.0 Å². The fraction of sp³-hybridized carbons (Fsp3) is 0.750. The number of hydrogen-bond acceptors (Lipinski definition) is 4. The van der Waals surface area contributed by atoms with Crippen molar-refractivity contribution in [2.75, 3.05) is 44.2 Å². The minimum Gasteiger partial charge on any atom is -0.389 e. The molecule has 180 valence electrons. The second-order valence-corrected chi connectivity index (χ2v) is 10.4. The van der Waals surface area contributed by atoms with Crippen molar-refractivity contribution in [3.05, 3.63) is 29.8 Å². The Balaban J connectivity index is 0.00000245. The number of ether oxygens (including phenoxy) is 1. The molecule has 4 saturated carbocycles. The van der Waals surface area contributed by atoms with E-state index in [2.05, 4.69) is 4.90 Å². The summed E-state index contributed by atoms with van der Waals surface area (Å²) in [6.07, 6.45) is 2.79. The molecule has 4 bridgehead atoms. The number of piperazine rings is 1. The van der Waals surface area contributed by atoms with Gasteiger partial charge in [0.1, 0.15) is 0 Å². The molecule has 1 aliphatic heterocycles. The van der Waals surface area contributed by atoms with E-state index in [0.717, 1.165) is 36.9 Å². The number of nitrogens with zero attached hydrogens (tertiary/aromatic N) is 2. The van der Waals surface area contributed by atoms with Crippen molar-refractivity contribution in [2.45, 2.75) is 56.4 Å². The second kappa shape index (κ2) is 9.32. The molecule has 1 saturated heterocycles. The molecule has 5 fully saturated rings. The van der Waals surface area contributed by atoms with Crippen molar-refractivity contribution < 1.29 is 23.0 Å². The molecule has 1 aromatic carbocycles. The Kier molecular flexibility index (Phi) is 7.02. The molecular formula is C24H34ClF3N2O2. The molecule has 0 spiro atoms. The molecule has 1 atom stereocenters. The third-order valence-corrected chi connectivity index (χ3v) is 7.94. The molecule has 4 aliphatic carbocycles. The molecule has 0 radical (unpaired) electrons. The van der Waals surface area contributed by atoms with E-state index in [1.54, 1.807) is 6.07 Å². The van der Waals surface area contributed by atoms with Gasteiger partial charge >= 0.3 is 6.18 Å². The molecule has 1 aromatic rings. The standard InChI is InChI=1S/C24H33F3N2O2.ClH/c25-24(26,27)20-2-1-3-21(11-20)29-6-4-28(5-7-29)15-22(30)16-31-23-12-17-8-18(13-23)10-19(9-17)14-23;/h1-3,11,17-19,22,30H,4-10,12-16H2;1H. The van der Waals surface area contributed by atoms with Gasteiger partial charge in [-0.1, -0.05) is 6.07 Å². The van der Waals surface area contributed by atoms with E-state index in [-0.39, 0.29) is 18.0 Å². The van der Waals surface area contributed by atoms with Crippen LogP contribution >= 0.6 is 12.4 Å². The van der Waals surface area contributed by atoms with E-state index in [1.807, 2.05) is 4.90 Å². The maximum atomic E-state index is 13.0. The maximum absolute atomic E-state index is 13.0. The molecule has 8 heteroatoms. The maximum Gasteiger partial charge on any atom is 0.416 e. The molecule has 1 heterocycles. The van der Waals surface area contributed by atoms with Crippen molar-refractivity contribution in [1.82, 2.24) is 4.90 Å². The SMILES string of the molecule is Cl.OC(COC12CC3CC(CC(C3)C1)C2)CN1CCN(c2cccc(C(F)(F)F)c2)CC1. The smallest absolute Gasteiger partial charge is 0.389 e. The third kappa shape index (κ3) is 5.21. The molecule has 5 aliphatic rings. The van der Waals surface area contributed by atoms with Gasteiger partial charge in [-0.05, 0) is 74.5 Å². The van der Waals surface area contributed by atoms with Gasteiger partial charge < -0.3 is 14.7 Å². The highest BCUT2D eigenvalue weighted by Crippen LogP contribution is 2.57. The molecule has 1 unspecified atom stereocenters. The van der Waals surface area contributed by atoms with Crippen LogP contribution in [0.25, 0.3) is 0 Å². The first-order valence-corrected chi connectivity index (χ1v) is 11.7. The topological polar surface area (TPSA) is 35.9 Å². The van der Waals surface area contributed by atoms with Crippen LogP contribution in [0.2, 0.25) is 0 Å². The van der Waals surface area contributed by atoms with Gasteiger partial charge in [0.2, 0.25) is 0 Å². The summed E-state index contributed by atoms with van der Waals surface area (Å²) in [4.78, 5) is 4.18. The molecule has 0 aromatic heterocycles. The van der Waals surface area contributed by atoms with Gasteiger partial charge in [0.15, 0.2) is 0 Å². The molecule has 6 rings (SSSR count). The monoisotopic (exact) mass is 474 g/mol. The van der Waals surface area contributed by atoms with Crippen LogP contribution in [0.1, 0.15) is 44.1 Å². The fourth-order valence-corrected chi connectivity index (χ4v) is 6.90. The Hall–Kier alpha value is -1.02. The van der Waals surface area contributed by atoms with Crippen molar-refractivity contribution in [3.63, 3.8) is 0 Å². The number of hydrogen-bond donors (Lipinski definition) is 1. The van der Waals surface area contributed by atoms with Crippen molar-refractivity contribution in [1.29, 1.82) is 0 Å². The van der Waals surface area contributed by atoms with E-state index in [0.29, 0.717) is 31.9 Å². The number of alkyl halides is 3. The molecule has 0 amide bonds. The van der Waals surface area contributed by atoms with E-state index in [9.17, 15) is 18.3 Å². The van der Waals surface area contributed by atoms with Crippen molar-refractivity contribution >= 4 is 18.1 Å². The average molecular weight is 475 g/mol. The predicted octanol–water partition coefficient (Wildman–Crippen LogP) is 4.60. The highest BCUT2D eigenvalue weighted by atomic mass is 35.5. The summed E-state index contributed by atoms with van der Waals surface area (Å²) in [5.41, 5.74) is 0.0163. The van der Waals surface area contributed by atoms with Crippen LogP contribution in [0.3, 0.4) is 0 Å². The summed E-state index contributed by atoms with van der Waals surface area (Å²) in [6.45, 7) is 3.71. The van der Waals surface area contributed by atoms with E-state index < -0.39 is 17.8 Å². The first kappa shape index (κ1) is 24.1. The Labute approximate surface area is 194 Å². The lowest BCUT2D eigenvalue weighted by molar-refractivity contribution is -0.176. The Morgan fingerprint density at radius 3 is 2.16 bits per heavy atom. The molecule has 1 N–H and O–H groups in total. The largest absolute Gasteiger partial charge is 0.416 e. The Bertz CT molecular complexity index is 747. The summed E-state index contributed by atoms with van der Waals surface area (Å²) in [5.74, 6) is 2.48. The third-order valence-electron chi connectivity index (χ3n) is 7.94. The zero-order valence-corrected chi connectivity index (χ0v) is 19.2. The molecule has 4 nitrogen and oxygen atoms in total. The number of halogens is 4. The number of aliphatic hydroxyl groups is 1. The summed E-state index contributed by atoms with van der Waals surface area (Å²) in [5, 5.41) is 10.6. The van der Waals surface area contributed by atoms with Crippen LogP contribution in [-0.2, 0) is 10.9 Å². The van der Waals surface area contributed by atoms with E-state index >= 15 is 0 Å². The number of aliphatic hydroxyl groups excluding tert-OH is 1. The number of benzene rings is 1. The lowest BCUT2D eigenvalue weighted by atomic mass is 9.54. The normalized spacial score (nSPS) is 33.2. The van der Waals surface area contributed by atoms with Crippen LogP contribution < -0.4 is 4.90 Å². The van der Waals surface area contributed by atoms with Gasteiger partial charge in [-0.25, -0.2) is 0 Å². The van der Waals surface area contributed by atoms with Gasteiger partial charge in [-0.3, -0.25) is 4.90 Å². The van der Waals surface area contributed by atoms with Gasteiger partial charge in [0.25, 0.3) is 0 Å². The summed E-state index contributed by atoms with van der Waals surface area (Å²) in [7, 11) is 0. The minimum absolute atomic E-state index is 0. The quantitative estimate of drug-likeness (QED) is 0.654. The first-order valence-electron chi connectivity index (χ1n) is 11.7. The van der Waals surface area contributed by atoms with Crippen LogP contribution in [0, 0.1) is 17.8 Å². The number of rotatable bonds is 6. The zero-order chi connectivity index (χ0) is 21.6. The average Bonchev–Trinajstić information content (AvgIpc) is 2.72. The highest BCUT2D eigenvalue weighted by molar-refractivity contribution is 5.85. The second-order valence-electron chi connectivity index (χ2n) is 10.4. The van der Waals surface area contributed by atoms with Gasteiger partial charge in [0, 0.05) is 38.4 Å². The first-order chi connectivity index (χ1) is 14.8. The van der Waals surface area contributed by atoms with E-state index in [1.165, 1.54) is 50.7 Å². The van der Waals surface area contributed by atoms with Gasteiger partial charge in [0.05, 0.1) is 23.9 Å².